The summed E-state index contributed by atoms with van der Waals surface area (Å²) in [4.78, 5) is 50.5. The molecule has 16 nitrogen and oxygen atoms in total. The van der Waals surface area contributed by atoms with Crippen LogP contribution < -0.4 is 20.7 Å². The summed E-state index contributed by atoms with van der Waals surface area (Å²) in [5, 5.41) is 17.6. The van der Waals surface area contributed by atoms with Crippen LogP contribution in [0.2, 0.25) is 0 Å². The highest BCUT2D eigenvalue weighted by Gasteiger charge is 2.26. The van der Waals surface area contributed by atoms with Crippen LogP contribution in [0.1, 0.15) is 53.0 Å². The second kappa shape index (κ2) is 17.4. The lowest BCUT2D eigenvalue weighted by molar-refractivity contribution is -0.150. The number of esters is 1. The fourth-order valence-electron chi connectivity index (χ4n) is 4.73. The molecule has 1 aliphatic heterocycles. The quantitative estimate of drug-likeness (QED) is 0.156. The number of aromatic nitrogens is 4. The number of rotatable bonds is 15. The van der Waals surface area contributed by atoms with Crippen molar-refractivity contribution in [2.24, 2.45) is 5.92 Å². The highest BCUT2D eigenvalue weighted by atomic mass is 16.6. The Kier molecular flexibility index (Phi) is 13.1. The van der Waals surface area contributed by atoms with Gasteiger partial charge >= 0.3 is 12.1 Å². The highest BCUT2D eigenvalue weighted by Crippen LogP contribution is 2.29. The number of nitrogens with one attached hydrogen (secondary N) is 3. The zero-order chi connectivity index (χ0) is 35.4. The Bertz CT molecular complexity index is 1610. The SMILES string of the molecule is CC(C)C(NC(=O)CNC(=O)OC(C)(C)C)C(=O)OCCOCCOc1cc2ncn(-c3ccc(C#N)cn3)c2nc1NC1CCOCC1. The van der Waals surface area contributed by atoms with Crippen molar-refractivity contribution in [3.63, 3.8) is 0 Å². The maximum Gasteiger partial charge on any atom is 0.408 e. The van der Waals surface area contributed by atoms with Gasteiger partial charge in [-0.25, -0.2) is 24.5 Å². The second-order valence-corrected chi connectivity index (χ2v) is 12.6. The van der Waals surface area contributed by atoms with Gasteiger partial charge in [-0.1, -0.05) is 13.8 Å². The number of pyridine rings is 2. The van der Waals surface area contributed by atoms with E-state index in [1.54, 1.807) is 63.7 Å². The summed E-state index contributed by atoms with van der Waals surface area (Å²) in [6.07, 6.45) is 4.03. The van der Waals surface area contributed by atoms with Crippen molar-refractivity contribution in [2.45, 2.75) is 65.1 Å². The minimum atomic E-state index is -0.906. The van der Waals surface area contributed by atoms with Crippen molar-refractivity contribution < 1.29 is 38.1 Å². The normalized spacial score (nSPS) is 14.1. The van der Waals surface area contributed by atoms with Crippen molar-refractivity contribution in [2.75, 3.05) is 51.5 Å². The summed E-state index contributed by atoms with van der Waals surface area (Å²) < 4.78 is 29.4. The number of ether oxygens (including phenoxy) is 5. The predicted molar refractivity (Wildman–Crippen MR) is 177 cm³/mol. The lowest BCUT2D eigenvalue weighted by Gasteiger charge is -2.24. The Morgan fingerprint density at radius 2 is 1.86 bits per heavy atom. The van der Waals surface area contributed by atoms with Crippen LogP contribution in [0, 0.1) is 17.2 Å². The molecule has 0 spiro atoms. The van der Waals surface area contributed by atoms with Gasteiger partial charge in [-0.2, -0.15) is 5.26 Å². The van der Waals surface area contributed by atoms with E-state index in [1.165, 1.54) is 6.20 Å². The van der Waals surface area contributed by atoms with Gasteiger partial charge in [0.2, 0.25) is 5.91 Å². The lowest BCUT2D eigenvalue weighted by Crippen LogP contribution is -2.49. The van der Waals surface area contributed by atoms with Gasteiger partial charge in [0.05, 0.1) is 18.8 Å². The molecule has 0 aromatic carbocycles. The number of carbonyl (C=O) groups excluding carboxylic acids is 3. The average molecular weight is 681 g/mol. The van der Waals surface area contributed by atoms with E-state index < -0.39 is 29.6 Å². The number of alkyl carbamates (subject to hydrolysis) is 1. The first-order chi connectivity index (χ1) is 23.4. The Balaban J connectivity index is 1.27. The van der Waals surface area contributed by atoms with Crippen LogP contribution in [-0.4, -0.2) is 101 Å². The zero-order valence-electron chi connectivity index (χ0n) is 28.5. The summed E-state index contributed by atoms with van der Waals surface area (Å²) in [6.45, 7) is 10.1. The molecule has 0 bridgehead atoms. The first-order valence-electron chi connectivity index (χ1n) is 16.2. The Hall–Kier alpha value is -5.01. The van der Waals surface area contributed by atoms with Gasteiger partial charge in [0.1, 0.15) is 55.1 Å². The molecule has 3 N–H and O–H groups in total. The zero-order valence-corrected chi connectivity index (χ0v) is 28.5. The molecule has 4 rings (SSSR count). The number of anilines is 1. The van der Waals surface area contributed by atoms with E-state index in [0.29, 0.717) is 47.3 Å². The van der Waals surface area contributed by atoms with Gasteiger partial charge in [-0.05, 0) is 51.7 Å². The van der Waals surface area contributed by atoms with Gasteiger partial charge in [0.25, 0.3) is 0 Å². The van der Waals surface area contributed by atoms with E-state index in [2.05, 4.69) is 32.0 Å². The van der Waals surface area contributed by atoms with Crippen molar-refractivity contribution in [1.29, 1.82) is 5.26 Å². The van der Waals surface area contributed by atoms with E-state index in [1.807, 2.05) is 0 Å². The molecule has 1 atom stereocenters. The second-order valence-electron chi connectivity index (χ2n) is 12.6. The number of amides is 2. The number of nitriles is 1. The van der Waals surface area contributed by atoms with E-state index in [0.717, 1.165) is 12.8 Å². The van der Waals surface area contributed by atoms with Crippen LogP contribution in [0.4, 0.5) is 10.6 Å². The number of fused-ring (bicyclic) bond motifs is 1. The molecule has 0 saturated carbocycles. The van der Waals surface area contributed by atoms with Gasteiger partial charge < -0.3 is 39.6 Å². The molecular formula is C33H44N8O8. The molecule has 1 aliphatic rings. The van der Waals surface area contributed by atoms with Crippen molar-refractivity contribution in [1.82, 2.24) is 30.2 Å². The van der Waals surface area contributed by atoms with Crippen LogP contribution in [0.15, 0.2) is 30.7 Å². The first kappa shape index (κ1) is 36.8. The van der Waals surface area contributed by atoms with Gasteiger partial charge in [0, 0.05) is 31.5 Å². The fourth-order valence-corrected chi connectivity index (χ4v) is 4.73. The minimum Gasteiger partial charge on any atom is -0.487 e. The third-order valence-corrected chi connectivity index (χ3v) is 7.16. The Labute approximate surface area is 284 Å². The van der Waals surface area contributed by atoms with Crippen molar-refractivity contribution in [3.05, 3.63) is 36.3 Å². The molecule has 2 amide bonds. The number of hydrogen-bond donors (Lipinski definition) is 3. The number of hydrogen-bond acceptors (Lipinski definition) is 13. The minimum absolute atomic E-state index is 0.0288. The molecule has 264 valence electrons. The van der Waals surface area contributed by atoms with E-state index in [9.17, 15) is 14.4 Å². The third-order valence-electron chi connectivity index (χ3n) is 7.16. The number of nitrogens with zero attached hydrogens (tertiary/aromatic N) is 5. The lowest BCUT2D eigenvalue weighted by atomic mass is 10.0. The maximum atomic E-state index is 12.7. The van der Waals surface area contributed by atoms with Gasteiger partial charge in [-0.3, -0.25) is 9.36 Å². The maximum absolute atomic E-state index is 12.7. The third kappa shape index (κ3) is 11.3. The fraction of sp³-hybridized carbons (Fsp3) is 0.545. The van der Waals surface area contributed by atoms with Crippen LogP contribution >= 0.6 is 0 Å². The Morgan fingerprint density at radius 3 is 2.53 bits per heavy atom. The highest BCUT2D eigenvalue weighted by molar-refractivity contribution is 5.87. The van der Waals surface area contributed by atoms with E-state index >= 15 is 0 Å². The molecule has 1 unspecified atom stereocenters. The number of imidazole rings is 1. The first-order valence-corrected chi connectivity index (χ1v) is 16.2. The van der Waals surface area contributed by atoms with Crippen LogP contribution in [0.5, 0.6) is 5.75 Å². The molecule has 16 heteroatoms. The molecule has 3 aromatic rings. The predicted octanol–water partition coefficient (Wildman–Crippen LogP) is 2.88. The molecule has 3 aromatic heterocycles. The van der Waals surface area contributed by atoms with Crippen molar-refractivity contribution >= 4 is 35.0 Å². The van der Waals surface area contributed by atoms with Crippen molar-refractivity contribution in [3.8, 4) is 17.6 Å². The molecule has 4 heterocycles. The molecule has 0 aliphatic carbocycles. The topological polar surface area (TPSA) is 201 Å². The summed E-state index contributed by atoms with van der Waals surface area (Å²) in [7, 11) is 0. The largest absolute Gasteiger partial charge is 0.487 e. The standard InChI is InChI=1S/C33H44N8O8/c1-21(2)28(39-27(42)19-36-32(44)49-33(3,4)5)31(43)48-15-13-46-12-14-47-25-16-24-30(40-29(25)38-23-8-10-45-11-9-23)41(20-37-24)26-7-6-22(17-34)18-35-26/h6-7,16,18,20-21,23,28H,8-15,19H2,1-5H3,(H,36,44)(H,38,40)(H,39,42). The monoisotopic (exact) mass is 680 g/mol. The van der Waals surface area contributed by atoms with E-state index in [4.69, 9.17) is 33.9 Å². The Morgan fingerprint density at radius 1 is 1.10 bits per heavy atom. The van der Waals surface area contributed by atoms with Crippen LogP contribution in [0.25, 0.3) is 17.0 Å². The average Bonchev–Trinajstić information content (AvgIpc) is 3.47. The molecule has 0 radical (unpaired) electrons. The van der Waals surface area contributed by atoms with Gasteiger partial charge in [0.15, 0.2) is 17.2 Å². The van der Waals surface area contributed by atoms with Gasteiger partial charge in [-0.15, -0.1) is 0 Å². The summed E-state index contributed by atoms with van der Waals surface area (Å²) in [5.74, 6) is 0.209. The number of carbonyl (C=O) groups is 3. The van der Waals surface area contributed by atoms with Crippen LogP contribution in [-0.2, 0) is 28.5 Å². The van der Waals surface area contributed by atoms with Crippen LogP contribution in [0.3, 0.4) is 0 Å². The summed E-state index contributed by atoms with van der Waals surface area (Å²) in [6, 6.07) is 6.53. The molecule has 49 heavy (non-hydrogen) atoms. The molecule has 1 saturated heterocycles. The summed E-state index contributed by atoms with van der Waals surface area (Å²) >= 11 is 0. The smallest absolute Gasteiger partial charge is 0.408 e. The molecule has 1 fully saturated rings. The summed E-state index contributed by atoms with van der Waals surface area (Å²) in [5.41, 5.74) is 0.924. The van der Waals surface area contributed by atoms with E-state index in [-0.39, 0.29) is 44.9 Å². The molecular weight excluding hydrogens is 636 g/mol.